The van der Waals surface area contributed by atoms with Gasteiger partial charge in [-0.25, -0.2) is 4.98 Å². The first-order valence-corrected chi connectivity index (χ1v) is 12.7. The van der Waals surface area contributed by atoms with Crippen LogP contribution in [0.25, 0.3) is 0 Å². The molecule has 5 aromatic rings. The summed E-state index contributed by atoms with van der Waals surface area (Å²) in [5, 5.41) is 25.4. The van der Waals surface area contributed by atoms with Gasteiger partial charge in [0, 0.05) is 0 Å². The fourth-order valence-corrected chi connectivity index (χ4v) is 8.22. The van der Waals surface area contributed by atoms with E-state index in [2.05, 4.69) is 131 Å². The van der Waals surface area contributed by atoms with Gasteiger partial charge in [0.25, 0.3) is 11.8 Å². The second-order valence-electron chi connectivity index (χ2n) is 7.56. The lowest BCUT2D eigenvalue weighted by atomic mass is 10.3. The summed E-state index contributed by atoms with van der Waals surface area (Å²) in [7, 11) is -1.91. The minimum Gasteiger partial charge on any atom is -0.458 e. The first-order valence-electron chi connectivity index (χ1n) is 10.9. The van der Waals surface area contributed by atoms with Gasteiger partial charge in [-0.1, -0.05) is 72.8 Å². The third kappa shape index (κ3) is 5.04. The molecular weight excluding hydrogens is 475 g/mol. The van der Waals surface area contributed by atoms with E-state index in [1.54, 1.807) is 0 Å². The highest BCUT2D eigenvalue weighted by molar-refractivity contribution is 8.01. The summed E-state index contributed by atoms with van der Waals surface area (Å²) in [4.78, 5) is 24.2. The van der Waals surface area contributed by atoms with E-state index < -0.39 is 28.9 Å². The first kappa shape index (κ1) is 24.4. The zero-order valence-electron chi connectivity index (χ0n) is 19.0. The lowest BCUT2D eigenvalue weighted by Gasteiger charge is -2.27. The Balaban J connectivity index is 0.000000233. The van der Waals surface area contributed by atoms with Crippen LogP contribution >= 0.6 is 7.26 Å². The number of aromatic nitrogens is 2. The van der Waals surface area contributed by atoms with Gasteiger partial charge in [-0.05, 0) is 53.5 Å². The zero-order valence-corrected chi connectivity index (χ0v) is 19.9. The number of nitro groups is 2. The van der Waals surface area contributed by atoms with Crippen molar-refractivity contribution in [1.29, 1.82) is 0 Å². The molecule has 1 heterocycles. The average molecular weight is 496 g/mol. The monoisotopic (exact) mass is 496 g/mol. The molecular formula is C27H21N4O4P. The standard InChI is InChI=1S/C24H20P.C3HN4O4/c1-5-13-21(14-6-1)25(22-15-7-2-8-16-22,23-17-9-3-10-18-23)24-19-11-4-12-20-24;8-6(9)2-1-4-3(5-2)7(10)11/h1-20H;1H/q+1;-1. The molecule has 0 amide bonds. The molecule has 9 heteroatoms. The summed E-state index contributed by atoms with van der Waals surface area (Å²) in [6.45, 7) is 0. The maximum atomic E-state index is 9.92. The van der Waals surface area contributed by atoms with Crippen LogP contribution in [0.2, 0.25) is 0 Å². The molecule has 0 unspecified atom stereocenters. The van der Waals surface area contributed by atoms with Crippen molar-refractivity contribution in [3.05, 3.63) is 148 Å². The van der Waals surface area contributed by atoms with Gasteiger partial charge in [-0.15, -0.1) is 0 Å². The van der Waals surface area contributed by atoms with E-state index in [0.29, 0.717) is 0 Å². The summed E-state index contributed by atoms with van der Waals surface area (Å²) in [6, 6.07) is 43.8. The molecule has 0 atom stereocenters. The Labute approximate surface area is 207 Å². The highest BCUT2D eigenvalue weighted by atomic mass is 31.2. The van der Waals surface area contributed by atoms with Crippen molar-refractivity contribution in [2.45, 2.75) is 0 Å². The Hall–Kier alpha value is -4.68. The van der Waals surface area contributed by atoms with Crippen molar-refractivity contribution in [2.75, 3.05) is 0 Å². The van der Waals surface area contributed by atoms with Crippen LogP contribution in [-0.4, -0.2) is 14.8 Å². The topological polar surface area (TPSA) is 113 Å². The molecule has 0 aliphatic rings. The Morgan fingerprint density at radius 1 is 0.556 bits per heavy atom. The normalized spacial score (nSPS) is 10.7. The molecule has 0 bridgehead atoms. The van der Waals surface area contributed by atoms with E-state index in [4.69, 9.17) is 0 Å². The molecule has 0 N–H and O–H groups in total. The summed E-state index contributed by atoms with van der Waals surface area (Å²) >= 11 is 0. The van der Waals surface area contributed by atoms with Crippen molar-refractivity contribution in [3.8, 4) is 0 Å². The smallest absolute Gasteiger partial charge is 0.283 e. The molecule has 0 saturated carbocycles. The molecule has 1 aromatic heterocycles. The second kappa shape index (κ2) is 11.2. The minimum atomic E-state index is -1.91. The van der Waals surface area contributed by atoms with Gasteiger partial charge in [-0.3, -0.25) is 0 Å². The molecule has 0 aliphatic heterocycles. The second-order valence-corrected chi connectivity index (χ2v) is 11.0. The molecule has 4 aromatic carbocycles. The van der Waals surface area contributed by atoms with Gasteiger partial charge in [0.15, 0.2) is 0 Å². The SMILES string of the molecule is O=[N+]([O-])c1c[n-]c([N+](=O)[O-])n1.c1ccc([P+](c2ccccc2)(c2ccccc2)c2ccccc2)cc1. The van der Waals surface area contributed by atoms with E-state index in [9.17, 15) is 20.2 Å². The van der Waals surface area contributed by atoms with Crippen LogP contribution < -0.4 is 26.2 Å². The highest BCUT2D eigenvalue weighted by Crippen LogP contribution is 2.53. The van der Waals surface area contributed by atoms with Gasteiger partial charge >= 0.3 is 0 Å². The predicted octanol–water partition coefficient (Wildman–Crippen LogP) is 4.16. The summed E-state index contributed by atoms with van der Waals surface area (Å²) < 4.78 is 0. The molecule has 8 nitrogen and oxygen atoms in total. The van der Waals surface area contributed by atoms with E-state index in [1.807, 2.05) is 0 Å². The van der Waals surface area contributed by atoms with E-state index >= 15 is 0 Å². The number of hydrogen-bond acceptors (Lipinski definition) is 5. The Morgan fingerprint density at radius 3 is 1.11 bits per heavy atom. The molecule has 0 aliphatic carbocycles. The fraction of sp³-hybridized carbons (Fsp3) is 0. The molecule has 5 rings (SSSR count). The van der Waals surface area contributed by atoms with Crippen molar-refractivity contribution >= 4 is 40.2 Å². The van der Waals surface area contributed by atoms with Crippen molar-refractivity contribution in [1.82, 2.24) is 9.97 Å². The first-order chi connectivity index (χ1) is 17.5. The maximum absolute atomic E-state index is 9.92. The highest BCUT2D eigenvalue weighted by Gasteiger charge is 2.47. The van der Waals surface area contributed by atoms with Crippen LogP contribution in [0.3, 0.4) is 0 Å². The Morgan fingerprint density at radius 2 is 0.889 bits per heavy atom. The van der Waals surface area contributed by atoms with Gasteiger partial charge < -0.3 is 20.2 Å². The molecule has 0 spiro atoms. The Bertz CT molecular complexity index is 1240. The maximum Gasteiger partial charge on any atom is 0.283 e. The van der Waals surface area contributed by atoms with Gasteiger partial charge in [0.1, 0.15) is 34.7 Å². The van der Waals surface area contributed by atoms with Gasteiger partial charge in [0.2, 0.25) is 0 Å². The van der Waals surface area contributed by atoms with Crippen LogP contribution in [0.4, 0.5) is 11.8 Å². The van der Waals surface area contributed by atoms with E-state index in [0.717, 1.165) is 6.20 Å². The quantitative estimate of drug-likeness (QED) is 0.198. The third-order valence-electron chi connectivity index (χ3n) is 5.43. The molecule has 0 radical (unpaired) electrons. The molecule has 0 saturated heterocycles. The Kier molecular flexibility index (Phi) is 7.58. The third-order valence-corrected chi connectivity index (χ3v) is 9.73. The molecule has 36 heavy (non-hydrogen) atoms. The molecule has 0 fully saturated rings. The number of nitrogens with zero attached hydrogens (tertiary/aromatic N) is 4. The zero-order chi connectivity index (χ0) is 25.4. The van der Waals surface area contributed by atoms with Crippen LogP contribution in [0, 0.1) is 20.2 Å². The van der Waals surface area contributed by atoms with E-state index in [-0.39, 0.29) is 0 Å². The minimum absolute atomic E-state index is 0.614. The van der Waals surface area contributed by atoms with Crippen molar-refractivity contribution in [3.63, 3.8) is 0 Å². The lowest BCUT2D eigenvalue weighted by molar-refractivity contribution is -0.402. The van der Waals surface area contributed by atoms with Crippen molar-refractivity contribution in [2.24, 2.45) is 0 Å². The van der Waals surface area contributed by atoms with Crippen LogP contribution in [-0.2, 0) is 0 Å². The number of imidazole rings is 1. The lowest BCUT2D eigenvalue weighted by Crippen LogP contribution is -2.38. The summed E-state index contributed by atoms with van der Waals surface area (Å²) in [6.07, 6.45) is 0.734. The number of rotatable bonds is 6. The predicted molar refractivity (Wildman–Crippen MR) is 142 cm³/mol. The van der Waals surface area contributed by atoms with Crippen LogP contribution in [0.5, 0.6) is 0 Å². The fourth-order valence-electron chi connectivity index (χ4n) is 3.95. The van der Waals surface area contributed by atoms with Gasteiger partial charge in [-0.2, -0.15) is 9.91 Å². The summed E-state index contributed by atoms with van der Waals surface area (Å²) in [5.41, 5.74) is 0. The average Bonchev–Trinajstić information content (AvgIpc) is 3.44. The van der Waals surface area contributed by atoms with Crippen LogP contribution in [0.15, 0.2) is 128 Å². The van der Waals surface area contributed by atoms with Crippen molar-refractivity contribution < 1.29 is 9.85 Å². The number of benzene rings is 4. The largest absolute Gasteiger partial charge is 0.458 e. The molecule has 178 valence electrons. The van der Waals surface area contributed by atoms with E-state index in [1.165, 1.54) is 21.2 Å². The van der Waals surface area contributed by atoms with Crippen LogP contribution in [0.1, 0.15) is 0 Å². The van der Waals surface area contributed by atoms with Gasteiger partial charge in [0.05, 0.1) is 0 Å². The summed E-state index contributed by atoms with van der Waals surface area (Å²) in [5.74, 6) is -1.37. The number of hydrogen-bond donors (Lipinski definition) is 0.